The molecule has 0 saturated carbocycles. The quantitative estimate of drug-likeness (QED) is 0.597. The number of urea groups is 1. The Morgan fingerprint density at radius 2 is 2.20 bits per heavy atom. The molecule has 0 bridgehead atoms. The molecule has 1 fully saturated rings. The van der Waals surface area contributed by atoms with E-state index in [1.54, 1.807) is 0 Å². The lowest BCUT2D eigenvalue weighted by Crippen LogP contribution is -2.60. The number of hydrogen-bond donors (Lipinski definition) is 3. The number of carboxylic acid groups (broad SMARTS) is 1. The predicted octanol–water partition coefficient (Wildman–Crippen LogP) is -1.08. The number of amides is 3. The van der Waals surface area contributed by atoms with E-state index in [1.807, 2.05) is 25.9 Å². The molecule has 0 aliphatic carbocycles. The fraction of sp³-hybridized carbons (Fsp3) is 0.750. The number of piperazine rings is 1. The molecule has 2 unspecified atom stereocenters. The van der Waals surface area contributed by atoms with Crippen LogP contribution in [0, 0.1) is 0 Å². The molecule has 1 saturated heterocycles. The zero-order valence-corrected chi connectivity index (χ0v) is 12.0. The lowest BCUT2D eigenvalue weighted by atomic mass is 10.1. The lowest BCUT2D eigenvalue weighted by Gasteiger charge is -2.34. The number of likely N-dealkylation sites (N-methyl/N-ethyl adjacent to an activating group) is 1. The maximum atomic E-state index is 12.1. The first-order chi connectivity index (χ1) is 9.32. The van der Waals surface area contributed by atoms with E-state index >= 15 is 0 Å². The van der Waals surface area contributed by atoms with Crippen LogP contribution in [0.25, 0.3) is 0 Å². The first kappa shape index (κ1) is 16.2. The summed E-state index contributed by atoms with van der Waals surface area (Å²) in [5.74, 6) is -1.53. The second-order valence-electron chi connectivity index (χ2n) is 5.10. The van der Waals surface area contributed by atoms with Gasteiger partial charge in [-0.25, -0.2) is 4.79 Å². The summed E-state index contributed by atoms with van der Waals surface area (Å²) < 4.78 is 0. The molecular weight excluding hydrogens is 264 g/mol. The van der Waals surface area contributed by atoms with Gasteiger partial charge >= 0.3 is 12.0 Å². The highest BCUT2D eigenvalue weighted by atomic mass is 16.4. The van der Waals surface area contributed by atoms with Gasteiger partial charge in [0.25, 0.3) is 0 Å². The molecule has 0 aromatic rings. The molecular formula is C12H22N4O4. The van der Waals surface area contributed by atoms with Crippen molar-refractivity contribution in [2.75, 3.05) is 33.7 Å². The molecule has 0 spiro atoms. The van der Waals surface area contributed by atoms with Crippen LogP contribution in [0.3, 0.4) is 0 Å². The van der Waals surface area contributed by atoms with Gasteiger partial charge in [0.15, 0.2) is 0 Å². The van der Waals surface area contributed by atoms with E-state index in [4.69, 9.17) is 5.11 Å². The first-order valence-electron chi connectivity index (χ1n) is 6.53. The summed E-state index contributed by atoms with van der Waals surface area (Å²) in [5.41, 5.74) is 0. The van der Waals surface area contributed by atoms with Gasteiger partial charge in [0.1, 0.15) is 6.04 Å². The SMILES string of the molecule is CC(CNC(=O)N1CCNC(=O)C1CC(=O)O)N(C)C. The van der Waals surface area contributed by atoms with Crippen LogP contribution in [-0.2, 0) is 9.59 Å². The molecule has 3 amide bonds. The minimum Gasteiger partial charge on any atom is -0.481 e. The van der Waals surface area contributed by atoms with E-state index in [9.17, 15) is 14.4 Å². The molecule has 20 heavy (non-hydrogen) atoms. The number of rotatable bonds is 5. The minimum atomic E-state index is -1.11. The summed E-state index contributed by atoms with van der Waals surface area (Å²) in [4.78, 5) is 37.8. The average Bonchev–Trinajstić information content (AvgIpc) is 2.37. The van der Waals surface area contributed by atoms with Crippen molar-refractivity contribution >= 4 is 17.9 Å². The molecule has 1 heterocycles. The Morgan fingerprint density at radius 3 is 2.75 bits per heavy atom. The fourth-order valence-electron chi connectivity index (χ4n) is 1.85. The van der Waals surface area contributed by atoms with Crippen molar-refractivity contribution in [2.45, 2.75) is 25.4 Å². The fourth-order valence-corrected chi connectivity index (χ4v) is 1.85. The third-order valence-corrected chi connectivity index (χ3v) is 3.39. The molecule has 0 radical (unpaired) electrons. The molecule has 3 N–H and O–H groups in total. The van der Waals surface area contributed by atoms with Crippen molar-refractivity contribution < 1.29 is 19.5 Å². The van der Waals surface area contributed by atoms with E-state index < -0.39 is 23.9 Å². The van der Waals surface area contributed by atoms with E-state index in [1.165, 1.54) is 4.90 Å². The second kappa shape index (κ2) is 7.09. The first-order valence-corrected chi connectivity index (χ1v) is 6.53. The monoisotopic (exact) mass is 286 g/mol. The van der Waals surface area contributed by atoms with Crippen molar-refractivity contribution in [1.29, 1.82) is 0 Å². The maximum absolute atomic E-state index is 12.1. The molecule has 1 aliphatic rings. The summed E-state index contributed by atoms with van der Waals surface area (Å²) in [7, 11) is 3.80. The predicted molar refractivity (Wildman–Crippen MR) is 72.3 cm³/mol. The lowest BCUT2D eigenvalue weighted by molar-refractivity contribution is -0.142. The Bertz CT molecular complexity index is 386. The van der Waals surface area contributed by atoms with Gasteiger partial charge in [-0.1, -0.05) is 0 Å². The van der Waals surface area contributed by atoms with Crippen LogP contribution < -0.4 is 10.6 Å². The van der Waals surface area contributed by atoms with Gasteiger partial charge in [0.05, 0.1) is 6.42 Å². The Kier molecular flexibility index (Phi) is 5.75. The molecule has 8 heteroatoms. The van der Waals surface area contributed by atoms with Gasteiger partial charge < -0.3 is 25.5 Å². The highest BCUT2D eigenvalue weighted by Gasteiger charge is 2.34. The Morgan fingerprint density at radius 1 is 1.55 bits per heavy atom. The van der Waals surface area contributed by atoms with Crippen molar-refractivity contribution in [1.82, 2.24) is 20.4 Å². The third kappa shape index (κ3) is 4.37. The smallest absolute Gasteiger partial charge is 0.318 e. The number of carbonyl (C=O) groups excluding carboxylic acids is 2. The summed E-state index contributed by atoms with van der Waals surface area (Å²) in [6.07, 6.45) is -0.386. The molecule has 1 rings (SSSR count). The van der Waals surface area contributed by atoms with E-state index in [2.05, 4.69) is 10.6 Å². The van der Waals surface area contributed by atoms with Crippen molar-refractivity contribution in [2.24, 2.45) is 0 Å². The van der Waals surface area contributed by atoms with Crippen LogP contribution in [0.1, 0.15) is 13.3 Å². The van der Waals surface area contributed by atoms with Crippen LogP contribution in [0.15, 0.2) is 0 Å². The molecule has 0 aromatic heterocycles. The van der Waals surface area contributed by atoms with Crippen LogP contribution in [0.4, 0.5) is 4.79 Å². The van der Waals surface area contributed by atoms with Gasteiger partial charge in [0.2, 0.25) is 5.91 Å². The highest BCUT2D eigenvalue weighted by Crippen LogP contribution is 2.09. The van der Waals surface area contributed by atoms with Crippen molar-refractivity contribution in [3.63, 3.8) is 0 Å². The number of nitrogens with zero attached hydrogens (tertiary/aromatic N) is 2. The van der Waals surface area contributed by atoms with Crippen molar-refractivity contribution in [3.8, 4) is 0 Å². The third-order valence-electron chi connectivity index (χ3n) is 3.39. The summed E-state index contributed by atoms with van der Waals surface area (Å²) in [6.45, 7) is 3.04. The normalized spacial score (nSPS) is 20.5. The van der Waals surface area contributed by atoms with Gasteiger partial charge in [-0.2, -0.15) is 0 Å². The summed E-state index contributed by atoms with van der Waals surface area (Å²) in [5, 5.41) is 14.1. The van der Waals surface area contributed by atoms with E-state index in [0.717, 1.165) is 0 Å². The number of carbonyl (C=O) groups is 3. The zero-order chi connectivity index (χ0) is 15.3. The molecule has 8 nitrogen and oxygen atoms in total. The van der Waals surface area contributed by atoms with E-state index in [-0.39, 0.29) is 12.5 Å². The van der Waals surface area contributed by atoms with Crippen LogP contribution >= 0.6 is 0 Å². The molecule has 114 valence electrons. The van der Waals surface area contributed by atoms with Crippen LogP contribution in [0.2, 0.25) is 0 Å². The zero-order valence-electron chi connectivity index (χ0n) is 12.0. The standard InChI is InChI=1S/C12H22N4O4/c1-8(15(2)3)7-14-12(20)16-5-4-13-11(19)9(16)6-10(17)18/h8-9H,4-7H2,1-3H3,(H,13,19)(H,14,20)(H,17,18). The Balaban J connectivity index is 2.63. The molecule has 0 aromatic carbocycles. The van der Waals surface area contributed by atoms with Gasteiger partial charge in [-0.3, -0.25) is 9.59 Å². The number of nitrogens with one attached hydrogen (secondary N) is 2. The van der Waals surface area contributed by atoms with Crippen LogP contribution in [0.5, 0.6) is 0 Å². The number of hydrogen-bond acceptors (Lipinski definition) is 4. The minimum absolute atomic E-state index is 0.149. The van der Waals surface area contributed by atoms with Crippen molar-refractivity contribution in [3.05, 3.63) is 0 Å². The largest absolute Gasteiger partial charge is 0.481 e. The molecule has 2 atom stereocenters. The molecule has 1 aliphatic heterocycles. The summed E-state index contributed by atoms with van der Waals surface area (Å²) >= 11 is 0. The topological polar surface area (TPSA) is 102 Å². The van der Waals surface area contributed by atoms with E-state index in [0.29, 0.717) is 19.6 Å². The maximum Gasteiger partial charge on any atom is 0.318 e. The Hall–Kier alpha value is -1.83. The highest BCUT2D eigenvalue weighted by molar-refractivity contribution is 5.91. The number of aliphatic carboxylic acids is 1. The van der Waals surface area contributed by atoms with Gasteiger partial charge in [-0.05, 0) is 21.0 Å². The van der Waals surface area contributed by atoms with Gasteiger partial charge in [-0.15, -0.1) is 0 Å². The summed E-state index contributed by atoms with van der Waals surface area (Å²) in [6, 6.07) is -1.20. The number of carboxylic acids is 1. The Labute approximate surface area is 118 Å². The van der Waals surface area contributed by atoms with Gasteiger partial charge in [0, 0.05) is 25.7 Å². The average molecular weight is 286 g/mol. The van der Waals surface area contributed by atoms with Crippen LogP contribution in [-0.4, -0.2) is 78.6 Å². The second-order valence-corrected chi connectivity index (χ2v) is 5.10.